The van der Waals surface area contributed by atoms with Gasteiger partial charge in [0.15, 0.2) is 0 Å². The van der Waals surface area contributed by atoms with Gasteiger partial charge in [-0.1, -0.05) is 42.6 Å². The molecule has 2 N–H and O–H groups in total. The average molecular weight is 317 g/mol. The second-order valence-electron chi connectivity index (χ2n) is 4.55. The highest BCUT2D eigenvalue weighted by molar-refractivity contribution is 6.35. The van der Waals surface area contributed by atoms with Gasteiger partial charge >= 0.3 is 0 Å². The van der Waals surface area contributed by atoms with Crippen LogP contribution < -0.4 is 5.73 Å². The van der Waals surface area contributed by atoms with Gasteiger partial charge in [0.2, 0.25) is 11.8 Å². The average Bonchev–Trinajstić information content (AvgIpc) is 2.37. The first-order valence-corrected chi connectivity index (χ1v) is 7.19. The lowest BCUT2D eigenvalue weighted by Crippen LogP contribution is -2.39. The SMILES string of the molecule is CCCCN(CC(N)=O)C(=O)Cc1ccc(Cl)cc1Cl. The summed E-state index contributed by atoms with van der Waals surface area (Å²) >= 11 is 11.9. The number of hydrogen-bond donors (Lipinski definition) is 1. The lowest BCUT2D eigenvalue weighted by Gasteiger charge is -2.21. The first-order valence-electron chi connectivity index (χ1n) is 6.44. The van der Waals surface area contributed by atoms with E-state index in [1.807, 2.05) is 6.92 Å². The van der Waals surface area contributed by atoms with Crippen LogP contribution in [0.3, 0.4) is 0 Å². The number of benzene rings is 1. The van der Waals surface area contributed by atoms with E-state index >= 15 is 0 Å². The Morgan fingerprint density at radius 2 is 2.00 bits per heavy atom. The van der Waals surface area contributed by atoms with Crippen LogP contribution in [0.4, 0.5) is 0 Å². The third-order valence-electron chi connectivity index (χ3n) is 2.84. The Labute approximate surface area is 128 Å². The Morgan fingerprint density at radius 3 is 2.55 bits per heavy atom. The Balaban J connectivity index is 2.76. The molecule has 0 aliphatic rings. The minimum Gasteiger partial charge on any atom is -0.368 e. The molecule has 0 fully saturated rings. The van der Waals surface area contributed by atoms with Crippen LogP contribution in [0.1, 0.15) is 25.3 Å². The lowest BCUT2D eigenvalue weighted by atomic mass is 10.1. The number of nitrogens with zero attached hydrogens (tertiary/aromatic N) is 1. The zero-order valence-corrected chi connectivity index (χ0v) is 12.9. The predicted molar refractivity (Wildman–Crippen MR) is 80.8 cm³/mol. The molecule has 110 valence electrons. The van der Waals surface area contributed by atoms with E-state index in [1.165, 1.54) is 4.90 Å². The summed E-state index contributed by atoms with van der Waals surface area (Å²) in [6.07, 6.45) is 1.89. The summed E-state index contributed by atoms with van der Waals surface area (Å²) < 4.78 is 0. The molecule has 1 aromatic rings. The first-order chi connectivity index (χ1) is 9.43. The van der Waals surface area contributed by atoms with Gasteiger partial charge < -0.3 is 10.6 Å². The molecule has 0 heterocycles. The van der Waals surface area contributed by atoms with Crippen molar-refractivity contribution in [2.45, 2.75) is 26.2 Å². The zero-order valence-electron chi connectivity index (χ0n) is 11.4. The number of carbonyl (C=O) groups excluding carboxylic acids is 2. The topological polar surface area (TPSA) is 63.4 Å². The standard InChI is InChI=1S/C14H18Cl2N2O2/c1-2-3-6-18(9-13(17)19)14(20)7-10-4-5-11(15)8-12(10)16/h4-5,8H,2-3,6-7,9H2,1H3,(H2,17,19). The van der Waals surface area contributed by atoms with Gasteiger partial charge in [-0.3, -0.25) is 9.59 Å². The Bertz CT molecular complexity index is 492. The van der Waals surface area contributed by atoms with Gasteiger partial charge in [0.1, 0.15) is 0 Å². The summed E-state index contributed by atoms with van der Waals surface area (Å²) in [7, 11) is 0. The van der Waals surface area contributed by atoms with Crippen molar-refractivity contribution in [1.29, 1.82) is 0 Å². The van der Waals surface area contributed by atoms with E-state index < -0.39 is 5.91 Å². The van der Waals surface area contributed by atoms with Crippen molar-refractivity contribution in [3.8, 4) is 0 Å². The lowest BCUT2D eigenvalue weighted by molar-refractivity contribution is -0.134. The highest BCUT2D eigenvalue weighted by Crippen LogP contribution is 2.21. The zero-order chi connectivity index (χ0) is 15.1. The van der Waals surface area contributed by atoms with Gasteiger partial charge in [-0.15, -0.1) is 0 Å². The second kappa shape index (κ2) is 8.12. The van der Waals surface area contributed by atoms with E-state index in [2.05, 4.69) is 0 Å². The van der Waals surface area contributed by atoms with Gasteiger partial charge in [-0.25, -0.2) is 0 Å². The van der Waals surface area contributed by atoms with Crippen molar-refractivity contribution in [2.24, 2.45) is 5.73 Å². The van der Waals surface area contributed by atoms with Crippen molar-refractivity contribution in [3.63, 3.8) is 0 Å². The number of carbonyl (C=O) groups is 2. The molecule has 0 saturated heterocycles. The van der Waals surface area contributed by atoms with Crippen LogP contribution in [-0.4, -0.2) is 29.8 Å². The Hall–Kier alpha value is -1.26. The third-order valence-corrected chi connectivity index (χ3v) is 3.42. The van der Waals surface area contributed by atoms with Crippen LogP contribution in [0, 0.1) is 0 Å². The Kier molecular flexibility index (Phi) is 6.82. The number of halogens is 2. The fraction of sp³-hybridized carbons (Fsp3) is 0.429. The van der Waals surface area contributed by atoms with Crippen LogP contribution in [0.15, 0.2) is 18.2 Å². The number of primary amides is 1. The Morgan fingerprint density at radius 1 is 1.30 bits per heavy atom. The molecule has 4 nitrogen and oxygen atoms in total. The highest BCUT2D eigenvalue weighted by Gasteiger charge is 2.17. The van der Waals surface area contributed by atoms with Crippen molar-refractivity contribution < 1.29 is 9.59 Å². The summed E-state index contributed by atoms with van der Waals surface area (Å²) in [6, 6.07) is 4.99. The summed E-state index contributed by atoms with van der Waals surface area (Å²) in [6.45, 7) is 2.47. The van der Waals surface area contributed by atoms with E-state index in [0.29, 0.717) is 22.2 Å². The molecule has 6 heteroatoms. The largest absolute Gasteiger partial charge is 0.368 e. The van der Waals surface area contributed by atoms with E-state index in [9.17, 15) is 9.59 Å². The molecule has 0 bridgehead atoms. The van der Waals surface area contributed by atoms with Gasteiger partial charge in [-0.05, 0) is 24.1 Å². The van der Waals surface area contributed by atoms with Crippen molar-refractivity contribution in [3.05, 3.63) is 33.8 Å². The van der Waals surface area contributed by atoms with Gasteiger partial charge in [-0.2, -0.15) is 0 Å². The minimum absolute atomic E-state index is 0.0654. The fourth-order valence-corrected chi connectivity index (χ4v) is 2.24. The smallest absolute Gasteiger partial charge is 0.237 e. The normalized spacial score (nSPS) is 10.3. The molecule has 0 atom stereocenters. The fourth-order valence-electron chi connectivity index (χ4n) is 1.77. The van der Waals surface area contributed by atoms with E-state index in [4.69, 9.17) is 28.9 Å². The van der Waals surface area contributed by atoms with E-state index in [0.717, 1.165) is 12.8 Å². The van der Waals surface area contributed by atoms with Gasteiger partial charge in [0.25, 0.3) is 0 Å². The number of nitrogens with two attached hydrogens (primary N) is 1. The molecule has 0 saturated carbocycles. The second-order valence-corrected chi connectivity index (χ2v) is 5.39. The van der Waals surface area contributed by atoms with Crippen LogP contribution in [0.25, 0.3) is 0 Å². The van der Waals surface area contributed by atoms with Gasteiger partial charge in [0, 0.05) is 16.6 Å². The summed E-state index contributed by atoms with van der Waals surface area (Å²) in [5.74, 6) is -0.682. The maximum absolute atomic E-state index is 12.2. The summed E-state index contributed by atoms with van der Waals surface area (Å²) in [4.78, 5) is 24.7. The molecule has 0 aromatic heterocycles. The molecule has 0 unspecified atom stereocenters. The number of unbranched alkanes of at least 4 members (excludes halogenated alkanes) is 1. The molecule has 2 amide bonds. The summed E-state index contributed by atoms with van der Waals surface area (Å²) in [5.41, 5.74) is 5.86. The van der Waals surface area contributed by atoms with Crippen LogP contribution in [-0.2, 0) is 16.0 Å². The molecular formula is C14H18Cl2N2O2. The first kappa shape index (κ1) is 16.8. The molecule has 1 aromatic carbocycles. The maximum Gasteiger partial charge on any atom is 0.237 e. The quantitative estimate of drug-likeness (QED) is 0.840. The molecule has 0 aliphatic carbocycles. The number of rotatable bonds is 7. The highest BCUT2D eigenvalue weighted by atomic mass is 35.5. The molecule has 0 radical (unpaired) electrons. The molecule has 0 spiro atoms. The van der Waals surface area contributed by atoms with Crippen LogP contribution in [0.5, 0.6) is 0 Å². The minimum atomic E-state index is -0.517. The molecule has 0 aliphatic heterocycles. The van der Waals surface area contributed by atoms with E-state index in [1.54, 1.807) is 18.2 Å². The van der Waals surface area contributed by atoms with Crippen molar-refractivity contribution in [1.82, 2.24) is 4.90 Å². The third kappa shape index (κ3) is 5.39. The number of hydrogen-bond acceptors (Lipinski definition) is 2. The molecule has 1 rings (SSSR count). The van der Waals surface area contributed by atoms with E-state index in [-0.39, 0.29) is 18.9 Å². The predicted octanol–water partition coefficient (Wildman–Crippen LogP) is 2.65. The van der Waals surface area contributed by atoms with Crippen LogP contribution in [0.2, 0.25) is 10.0 Å². The number of amides is 2. The summed E-state index contributed by atoms with van der Waals surface area (Å²) in [5, 5.41) is 0.964. The van der Waals surface area contributed by atoms with Crippen molar-refractivity contribution >= 4 is 35.0 Å². The van der Waals surface area contributed by atoms with Gasteiger partial charge in [0.05, 0.1) is 13.0 Å². The molecule has 20 heavy (non-hydrogen) atoms. The van der Waals surface area contributed by atoms with Crippen LogP contribution >= 0.6 is 23.2 Å². The molecular weight excluding hydrogens is 299 g/mol. The maximum atomic E-state index is 12.2. The monoisotopic (exact) mass is 316 g/mol. The van der Waals surface area contributed by atoms with Crippen molar-refractivity contribution in [2.75, 3.05) is 13.1 Å².